The minimum Gasteiger partial charge on any atom is -0.387 e. The van der Waals surface area contributed by atoms with E-state index in [2.05, 4.69) is 26.1 Å². The molecule has 0 aliphatic heterocycles. The van der Waals surface area contributed by atoms with Gasteiger partial charge in [-0.1, -0.05) is 21.1 Å². The van der Waals surface area contributed by atoms with E-state index in [1.165, 1.54) is 0 Å². The molecule has 2 aromatic rings. The van der Waals surface area contributed by atoms with E-state index in [4.69, 9.17) is 9.63 Å². The Bertz CT molecular complexity index is 482. The van der Waals surface area contributed by atoms with Crippen LogP contribution in [-0.4, -0.2) is 15.2 Å². The van der Waals surface area contributed by atoms with Crippen molar-refractivity contribution in [2.75, 3.05) is 0 Å². The summed E-state index contributed by atoms with van der Waals surface area (Å²) in [7, 11) is 0. The molecule has 2 rings (SSSR count). The van der Waals surface area contributed by atoms with Crippen LogP contribution in [0, 0.1) is 6.92 Å². The van der Waals surface area contributed by atoms with Crippen LogP contribution in [0.5, 0.6) is 0 Å². The van der Waals surface area contributed by atoms with Crippen LogP contribution in [0.4, 0.5) is 0 Å². The molecule has 1 aromatic carbocycles. The van der Waals surface area contributed by atoms with E-state index >= 15 is 0 Å². The van der Waals surface area contributed by atoms with Gasteiger partial charge in [-0.25, -0.2) is 0 Å². The van der Waals surface area contributed by atoms with E-state index in [1.807, 2.05) is 25.1 Å². The molecule has 1 heterocycles. The summed E-state index contributed by atoms with van der Waals surface area (Å²) in [5, 5.41) is 12.6. The van der Waals surface area contributed by atoms with Crippen molar-refractivity contribution in [2.24, 2.45) is 0 Å². The third kappa shape index (κ3) is 2.08. The topological polar surface area (TPSA) is 59.2 Å². The van der Waals surface area contributed by atoms with Crippen LogP contribution < -0.4 is 0 Å². The Hall–Kier alpha value is -1.20. The average Bonchev–Trinajstić information content (AvgIpc) is 2.66. The maximum atomic E-state index is 8.81. The summed E-state index contributed by atoms with van der Waals surface area (Å²) >= 11 is 3.38. The zero-order chi connectivity index (χ0) is 10.8. The monoisotopic (exact) mass is 268 g/mol. The molecule has 1 aromatic heterocycles. The number of aliphatic hydroxyl groups is 1. The van der Waals surface area contributed by atoms with Crippen LogP contribution in [0.15, 0.2) is 27.2 Å². The molecule has 0 saturated heterocycles. The number of hydrogen-bond donors (Lipinski definition) is 1. The molecule has 0 amide bonds. The summed E-state index contributed by atoms with van der Waals surface area (Å²) in [4.78, 5) is 4.05. The first kappa shape index (κ1) is 10.3. The number of benzene rings is 1. The van der Waals surface area contributed by atoms with Gasteiger partial charge in [0.15, 0.2) is 0 Å². The SMILES string of the molecule is Cc1cc(Br)ccc1-c1noc(CO)n1. The Morgan fingerprint density at radius 2 is 2.27 bits per heavy atom. The second-order valence-corrected chi connectivity index (χ2v) is 4.04. The van der Waals surface area contributed by atoms with Gasteiger partial charge in [0.25, 0.3) is 5.89 Å². The second-order valence-electron chi connectivity index (χ2n) is 3.13. The smallest absolute Gasteiger partial charge is 0.252 e. The molecular formula is C10H9BrN2O2. The Morgan fingerprint density at radius 3 is 2.87 bits per heavy atom. The normalized spacial score (nSPS) is 10.6. The first-order valence-corrected chi connectivity index (χ1v) is 5.20. The van der Waals surface area contributed by atoms with Gasteiger partial charge < -0.3 is 9.63 Å². The molecule has 0 aliphatic rings. The third-order valence-corrected chi connectivity index (χ3v) is 2.53. The van der Waals surface area contributed by atoms with E-state index in [1.54, 1.807) is 0 Å². The predicted molar refractivity (Wildman–Crippen MR) is 58.1 cm³/mol. The van der Waals surface area contributed by atoms with E-state index in [0.29, 0.717) is 5.82 Å². The van der Waals surface area contributed by atoms with Crippen LogP contribution in [-0.2, 0) is 6.61 Å². The summed E-state index contributed by atoms with van der Waals surface area (Å²) < 4.78 is 5.84. The fourth-order valence-corrected chi connectivity index (χ4v) is 1.78. The average molecular weight is 269 g/mol. The maximum absolute atomic E-state index is 8.81. The second kappa shape index (κ2) is 4.12. The third-order valence-electron chi connectivity index (χ3n) is 2.03. The van der Waals surface area contributed by atoms with Gasteiger partial charge >= 0.3 is 0 Å². The first-order valence-electron chi connectivity index (χ1n) is 4.40. The molecule has 0 unspecified atom stereocenters. The predicted octanol–water partition coefficient (Wildman–Crippen LogP) is 2.30. The molecule has 15 heavy (non-hydrogen) atoms. The molecule has 5 heteroatoms. The molecule has 78 valence electrons. The molecule has 0 fully saturated rings. The molecule has 0 radical (unpaired) electrons. The first-order chi connectivity index (χ1) is 7.20. The molecule has 1 N–H and O–H groups in total. The van der Waals surface area contributed by atoms with Crippen molar-refractivity contribution in [3.63, 3.8) is 0 Å². The quantitative estimate of drug-likeness (QED) is 0.908. The number of aromatic nitrogens is 2. The van der Waals surface area contributed by atoms with E-state index in [-0.39, 0.29) is 12.5 Å². The number of aryl methyl sites for hydroxylation is 1. The molecule has 0 bridgehead atoms. The molecule has 0 saturated carbocycles. The van der Waals surface area contributed by atoms with Crippen molar-refractivity contribution >= 4 is 15.9 Å². The highest BCUT2D eigenvalue weighted by molar-refractivity contribution is 9.10. The minimum absolute atomic E-state index is 0.229. The van der Waals surface area contributed by atoms with Crippen molar-refractivity contribution in [3.05, 3.63) is 34.1 Å². The lowest BCUT2D eigenvalue weighted by molar-refractivity contribution is 0.222. The Balaban J connectivity index is 2.44. The van der Waals surface area contributed by atoms with E-state index < -0.39 is 0 Å². The van der Waals surface area contributed by atoms with Gasteiger partial charge in [-0.15, -0.1) is 0 Å². The Kier molecular flexibility index (Phi) is 2.83. The van der Waals surface area contributed by atoms with Crippen molar-refractivity contribution in [1.29, 1.82) is 0 Å². The van der Waals surface area contributed by atoms with Gasteiger partial charge in [-0.3, -0.25) is 0 Å². The number of hydrogen-bond acceptors (Lipinski definition) is 4. The van der Waals surface area contributed by atoms with Crippen LogP contribution in [0.3, 0.4) is 0 Å². The lowest BCUT2D eigenvalue weighted by Crippen LogP contribution is -1.86. The summed E-state index contributed by atoms with van der Waals surface area (Å²) in [5.74, 6) is 0.733. The van der Waals surface area contributed by atoms with Crippen molar-refractivity contribution in [3.8, 4) is 11.4 Å². The standard InChI is InChI=1S/C10H9BrN2O2/c1-6-4-7(11)2-3-8(6)10-12-9(5-14)15-13-10/h2-4,14H,5H2,1H3. The minimum atomic E-state index is -0.234. The maximum Gasteiger partial charge on any atom is 0.252 e. The van der Waals surface area contributed by atoms with Gasteiger partial charge in [0.2, 0.25) is 5.82 Å². The summed E-state index contributed by atoms with van der Waals surface area (Å²) in [6, 6.07) is 5.80. The molecule has 0 aliphatic carbocycles. The Morgan fingerprint density at radius 1 is 1.47 bits per heavy atom. The number of nitrogens with zero attached hydrogens (tertiary/aromatic N) is 2. The van der Waals surface area contributed by atoms with Crippen LogP contribution in [0.2, 0.25) is 0 Å². The number of aliphatic hydroxyl groups excluding tert-OH is 1. The molecular weight excluding hydrogens is 260 g/mol. The largest absolute Gasteiger partial charge is 0.387 e. The highest BCUT2D eigenvalue weighted by Crippen LogP contribution is 2.23. The highest BCUT2D eigenvalue weighted by Gasteiger charge is 2.09. The van der Waals surface area contributed by atoms with Crippen LogP contribution in [0.1, 0.15) is 11.5 Å². The fraction of sp³-hybridized carbons (Fsp3) is 0.200. The lowest BCUT2D eigenvalue weighted by atomic mass is 10.1. The zero-order valence-corrected chi connectivity index (χ0v) is 9.65. The zero-order valence-electron chi connectivity index (χ0n) is 8.07. The summed E-state index contributed by atoms with van der Waals surface area (Å²) in [6.07, 6.45) is 0. The summed E-state index contributed by atoms with van der Waals surface area (Å²) in [6.45, 7) is 1.73. The van der Waals surface area contributed by atoms with Gasteiger partial charge in [-0.05, 0) is 30.7 Å². The molecule has 0 atom stereocenters. The summed E-state index contributed by atoms with van der Waals surface area (Å²) in [5.41, 5.74) is 1.95. The molecule has 0 spiro atoms. The fourth-order valence-electron chi connectivity index (χ4n) is 1.31. The number of halogens is 1. The van der Waals surface area contributed by atoms with E-state index in [9.17, 15) is 0 Å². The highest BCUT2D eigenvalue weighted by atomic mass is 79.9. The lowest BCUT2D eigenvalue weighted by Gasteiger charge is -2.00. The van der Waals surface area contributed by atoms with Crippen molar-refractivity contribution in [1.82, 2.24) is 10.1 Å². The van der Waals surface area contributed by atoms with Crippen LogP contribution >= 0.6 is 15.9 Å². The van der Waals surface area contributed by atoms with Gasteiger partial charge in [0.1, 0.15) is 6.61 Å². The Labute approximate surface area is 95.1 Å². The molecule has 4 nitrogen and oxygen atoms in total. The van der Waals surface area contributed by atoms with Gasteiger partial charge in [0.05, 0.1) is 0 Å². The number of rotatable bonds is 2. The van der Waals surface area contributed by atoms with Crippen molar-refractivity contribution < 1.29 is 9.63 Å². The van der Waals surface area contributed by atoms with Gasteiger partial charge in [0, 0.05) is 10.0 Å². The van der Waals surface area contributed by atoms with E-state index in [0.717, 1.165) is 15.6 Å². The van der Waals surface area contributed by atoms with Crippen LogP contribution in [0.25, 0.3) is 11.4 Å². The van der Waals surface area contributed by atoms with Crippen molar-refractivity contribution in [2.45, 2.75) is 13.5 Å². The van der Waals surface area contributed by atoms with Gasteiger partial charge in [-0.2, -0.15) is 4.98 Å².